The highest BCUT2D eigenvalue weighted by molar-refractivity contribution is 7.99. The van der Waals surface area contributed by atoms with Crippen molar-refractivity contribution in [2.75, 3.05) is 6.26 Å². The van der Waals surface area contributed by atoms with Crippen molar-refractivity contribution in [2.45, 2.75) is 74.9 Å². The minimum Gasteiger partial charge on any atom is -0.311 e. The second-order valence-electron chi connectivity index (χ2n) is 5.98. The van der Waals surface area contributed by atoms with Crippen LogP contribution in [0.5, 0.6) is 0 Å². The third kappa shape index (κ3) is 4.55. The highest BCUT2D eigenvalue weighted by atomic mass is 32.2. The molecule has 2 aliphatic carbocycles. The van der Waals surface area contributed by atoms with E-state index in [1.54, 1.807) is 0 Å². The van der Waals surface area contributed by atoms with Gasteiger partial charge in [-0.3, -0.25) is 0 Å². The smallest absolute Gasteiger partial charge is 0.311 e. The second-order valence-corrected chi connectivity index (χ2v) is 7.12. The van der Waals surface area contributed by atoms with Crippen LogP contribution in [0, 0.1) is 5.92 Å². The summed E-state index contributed by atoms with van der Waals surface area (Å²) in [6, 6.07) is 0.525. The fourth-order valence-corrected chi connectivity index (χ4v) is 4.18. The van der Waals surface area contributed by atoms with Crippen molar-refractivity contribution in [3.8, 4) is 0 Å². The lowest BCUT2D eigenvalue weighted by molar-refractivity contribution is -0.183. The minimum atomic E-state index is -4.00. The first kappa shape index (κ1) is 15.5. The molecule has 1 nitrogen and oxygen atoms in total. The van der Waals surface area contributed by atoms with Gasteiger partial charge in [0.15, 0.2) is 0 Å². The summed E-state index contributed by atoms with van der Waals surface area (Å²) in [5, 5.41) is 4.25. The third-order valence-corrected chi connectivity index (χ3v) is 5.75. The van der Waals surface area contributed by atoms with Crippen LogP contribution in [0.3, 0.4) is 0 Å². The van der Waals surface area contributed by atoms with E-state index in [-0.39, 0.29) is 12.5 Å². The number of rotatable bonds is 3. The molecule has 19 heavy (non-hydrogen) atoms. The number of hydrogen-bond acceptors (Lipinski definition) is 2. The minimum absolute atomic E-state index is 0.0798. The maximum absolute atomic E-state index is 12.8. The highest BCUT2D eigenvalue weighted by Crippen LogP contribution is 2.38. The molecule has 112 valence electrons. The normalized spacial score (nSPS) is 37.3. The van der Waals surface area contributed by atoms with Gasteiger partial charge in [-0.25, -0.2) is 0 Å². The van der Waals surface area contributed by atoms with Crippen LogP contribution < -0.4 is 5.32 Å². The fourth-order valence-electron chi connectivity index (χ4n) is 3.44. The Kier molecular flexibility index (Phi) is 5.46. The van der Waals surface area contributed by atoms with E-state index in [4.69, 9.17) is 0 Å². The van der Waals surface area contributed by atoms with Gasteiger partial charge in [0.25, 0.3) is 0 Å². The molecule has 0 amide bonds. The van der Waals surface area contributed by atoms with Gasteiger partial charge in [-0.2, -0.15) is 24.9 Å². The quantitative estimate of drug-likeness (QED) is 0.829. The zero-order chi connectivity index (χ0) is 13.9. The van der Waals surface area contributed by atoms with Crippen molar-refractivity contribution in [3.63, 3.8) is 0 Å². The van der Waals surface area contributed by atoms with Gasteiger partial charge in [-0.15, -0.1) is 0 Å². The van der Waals surface area contributed by atoms with E-state index in [9.17, 15) is 13.2 Å². The Morgan fingerprint density at radius 1 is 0.947 bits per heavy atom. The number of halogens is 3. The van der Waals surface area contributed by atoms with E-state index >= 15 is 0 Å². The average molecular weight is 295 g/mol. The number of hydrogen-bond donors (Lipinski definition) is 1. The third-order valence-electron chi connectivity index (χ3n) is 4.62. The predicted octanol–water partition coefficient (Wildman–Crippen LogP) is 4.37. The molecule has 0 radical (unpaired) electrons. The van der Waals surface area contributed by atoms with Gasteiger partial charge in [0.2, 0.25) is 0 Å². The molecular weight excluding hydrogens is 271 g/mol. The predicted molar refractivity (Wildman–Crippen MR) is 74.5 cm³/mol. The summed E-state index contributed by atoms with van der Waals surface area (Å²) in [5.41, 5.74) is 0. The fraction of sp³-hybridized carbons (Fsp3) is 1.00. The van der Waals surface area contributed by atoms with Gasteiger partial charge in [-0.1, -0.05) is 6.42 Å². The molecule has 0 saturated heterocycles. The molecule has 5 heteroatoms. The van der Waals surface area contributed by atoms with Crippen LogP contribution in [0.1, 0.15) is 51.4 Å². The Morgan fingerprint density at radius 3 is 2.21 bits per heavy atom. The molecule has 1 N–H and O–H groups in total. The van der Waals surface area contributed by atoms with E-state index in [1.807, 2.05) is 11.8 Å². The van der Waals surface area contributed by atoms with E-state index in [0.717, 1.165) is 24.5 Å². The molecule has 2 atom stereocenters. The molecule has 0 aromatic rings. The summed E-state index contributed by atoms with van der Waals surface area (Å²) in [6.07, 6.45) is 5.02. The van der Waals surface area contributed by atoms with Crippen molar-refractivity contribution in [2.24, 2.45) is 5.92 Å². The lowest BCUT2D eigenvalue weighted by atomic mass is 9.84. The first-order valence-corrected chi connectivity index (χ1v) is 8.63. The molecule has 0 aliphatic heterocycles. The molecular formula is C14H24F3NS. The van der Waals surface area contributed by atoms with Crippen LogP contribution in [-0.2, 0) is 0 Å². The Morgan fingerprint density at radius 2 is 1.63 bits per heavy atom. The van der Waals surface area contributed by atoms with Crippen molar-refractivity contribution in [3.05, 3.63) is 0 Å². The van der Waals surface area contributed by atoms with Crippen LogP contribution in [0.25, 0.3) is 0 Å². The molecule has 0 aromatic heterocycles. The summed E-state index contributed by atoms with van der Waals surface area (Å²) in [7, 11) is 0. The Balaban J connectivity index is 1.77. The zero-order valence-corrected chi connectivity index (χ0v) is 12.3. The topological polar surface area (TPSA) is 12.0 Å². The van der Waals surface area contributed by atoms with E-state index in [1.165, 1.54) is 12.8 Å². The zero-order valence-electron chi connectivity index (χ0n) is 11.5. The lowest BCUT2D eigenvalue weighted by Crippen LogP contribution is -2.45. The summed E-state index contributed by atoms with van der Waals surface area (Å²) >= 11 is 1.92. The molecule has 2 rings (SSSR count). The molecule has 0 bridgehead atoms. The summed E-state index contributed by atoms with van der Waals surface area (Å²) in [5.74, 6) is -1.08. The summed E-state index contributed by atoms with van der Waals surface area (Å²) in [4.78, 5) is 0. The van der Waals surface area contributed by atoms with Crippen LogP contribution in [-0.4, -0.2) is 29.8 Å². The van der Waals surface area contributed by atoms with Crippen molar-refractivity contribution in [1.29, 1.82) is 0 Å². The van der Waals surface area contributed by atoms with Crippen molar-refractivity contribution in [1.82, 2.24) is 5.32 Å². The van der Waals surface area contributed by atoms with Gasteiger partial charge < -0.3 is 5.32 Å². The number of alkyl halides is 3. The monoisotopic (exact) mass is 295 g/mol. The molecule has 2 aliphatic rings. The van der Waals surface area contributed by atoms with Gasteiger partial charge in [-0.05, 0) is 51.2 Å². The average Bonchev–Trinajstić information content (AvgIpc) is 2.39. The van der Waals surface area contributed by atoms with Crippen molar-refractivity contribution >= 4 is 11.8 Å². The molecule has 2 saturated carbocycles. The molecule has 0 spiro atoms. The number of thioether (sulfide) groups is 1. The molecule has 2 fully saturated rings. The SMILES string of the molecule is CSC1CCC(NC2CCCC(C(F)(F)F)C2)CC1. The van der Waals surface area contributed by atoms with Gasteiger partial charge >= 0.3 is 6.18 Å². The maximum Gasteiger partial charge on any atom is 0.391 e. The molecule has 0 heterocycles. The van der Waals surface area contributed by atoms with E-state index < -0.39 is 12.1 Å². The second kappa shape index (κ2) is 6.70. The maximum atomic E-state index is 12.8. The van der Waals surface area contributed by atoms with Crippen LogP contribution in [0.15, 0.2) is 0 Å². The van der Waals surface area contributed by atoms with Gasteiger partial charge in [0.05, 0.1) is 5.92 Å². The van der Waals surface area contributed by atoms with Crippen LogP contribution in [0.4, 0.5) is 13.2 Å². The van der Waals surface area contributed by atoms with Gasteiger partial charge in [0.1, 0.15) is 0 Å². The van der Waals surface area contributed by atoms with Crippen LogP contribution in [0.2, 0.25) is 0 Å². The Hall–Kier alpha value is 0.100. The Bertz CT molecular complexity index is 274. The molecule has 2 unspecified atom stereocenters. The van der Waals surface area contributed by atoms with E-state index in [0.29, 0.717) is 18.9 Å². The first-order valence-electron chi connectivity index (χ1n) is 7.34. The molecule has 0 aromatic carbocycles. The summed E-state index contributed by atoms with van der Waals surface area (Å²) < 4.78 is 38.3. The lowest BCUT2D eigenvalue weighted by Gasteiger charge is -2.36. The van der Waals surface area contributed by atoms with Crippen molar-refractivity contribution < 1.29 is 13.2 Å². The standard InChI is InChI=1S/C14H24F3NS/c1-19-13-7-5-11(6-8-13)18-12-4-2-3-10(9-12)14(15,16)17/h10-13,18H,2-9H2,1H3. The largest absolute Gasteiger partial charge is 0.391 e. The number of nitrogens with one attached hydrogen (secondary N) is 1. The van der Waals surface area contributed by atoms with Crippen LogP contribution >= 0.6 is 11.8 Å². The Labute approximate surface area is 118 Å². The first-order chi connectivity index (χ1) is 8.99. The summed E-state index contributed by atoms with van der Waals surface area (Å²) in [6.45, 7) is 0. The van der Waals surface area contributed by atoms with E-state index in [2.05, 4.69) is 11.6 Å². The highest BCUT2D eigenvalue weighted by Gasteiger charge is 2.42. The van der Waals surface area contributed by atoms with Gasteiger partial charge in [0, 0.05) is 17.3 Å².